The molecule has 128 valence electrons. The van der Waals surface area contributed by atoms with E-state index in [1.54, 1.807) is 17.4 Å². The van der Waals surface area contributed by atoms with Crippen molar-refractivity contribution < 1.29 is 9.90 Å². The Morgan fingerprint density at radius 3 is 2.75 bits per heavy atom. The van der Waals surface area contributed by atoms with Gasteiger partial charge in [0.25, 0.3) is 0 Å². The van der Waals surface area contributed by atoms with Gasteiger partial charge in [0.05, 0.1) is 16.1 Å². The molecular formula is C18H19Cl2NO2S. The monoisotopic (exact) mass is 383 g/mol. The van der Waals surface area contributed by atoms with E-state index in [1.807, 2.05) is 12.1 Å². The molecule has 0 spiro atoms. The molecule has 6 heteroatoms. The van der Waals surface area contributed by atoms with Crippen molar-refractivity contribution in [2.45, 2.75) is 38.3 Å². The molecule has 1 N–H and O–H groups in total. The first-order chi connectivity index (χ1) is 11.5. The van der Waals surface area contributed by atoms with Crippen molar-refractivity contribution in [3.05, 3.63) is 55.7 Å². The van der Waals surface area contributed by atoms with Crippen molar-refractivity contribution in [1.29, 1.82) is 0 Å². The van der Waals surface area contributed by atoms with Crippen LogP contribution in [-0.2, 0) is 4.79 Å². The summed E-state index contributed by atoms with van der Waals surface area (Å²) in [5.41, 5.74) is 0.874. The topological polar surface area (TPSA) is 40.5 Å². The molecule has 2 atom stereocenters. The van der Waals surface area contributed by atoms with Crippen LogP contribution in [0.4, 0.5) is 0 Å². The van der Waals surface area contributed by atoms with Gasteiger partial charge in [-0.3, -0.25) is 9.69 Å². The van der Waals surface area contributed by atoms with Gasteiger partial charge in [-0.05, 0) is 50.1 Å². The highest BCUT2D eigenvalue weighted by atomic mass is 35.5. The van der Waals surface area contributed by atoms with Gasteiger partial charge in [0.2, 0.25) is 0 Å². The molecule has 1 fully saturated rings. The summed E-state index contributed by atoms with van der Waals surface area (Å²) in [7, 11) is 0. The number of piperidine rings is 1. The van der Waals surface area contributed by atoms with E-state index in [0.29, 0.717) is 16.5 Å². The van der Waals surface area contributed by atoms with Gasteiger partial charge in [-0.15, -0.1) is 11.3 Å². The molecule has 2 unspecified atom stereocenters. The summed E-state index contributed by atoms with van der Waals surface area (Å²) < 4.78 is 0. The Hall–Kier alpha value is -1.07. The number of thiophene rings is 1. The molecule has 2 heterocycles. The number of carbonyl (C=O) groups is 1. The van der Waals surface area contributed by atoms with E-state index in [4.69, 9.17) is 23.2 Å². The Labute approximate surface area is 155 Å². The molecule has 3 rings (SSSR count). The Kier molecular flexibility index (Phi) is 5.50. The molecule has 0 bridgehead atoms. The highest BCUT2D eigenvalue weighted by Gasteiger charge is 2.36. The lowest BCUT2D eigenvalue weighted by Crippen LogP contribution is -2.46. The van der Waals surface area contributed by atoms with Crippen LogP contribution in [0.3, 0.4) is 0 Å². The number of aliphatic carboxylic acids is 1. The lowest BCUT2D eigenvalue weighted by molar-refractivity contribution is -0.145. The summed E-state index contributed by atoms with van der Waals surface area (Å²) in [6.45, 7) is 2.79. The maximum Gasteiger partial charge on any atom is 0.320 e. The molecule has 1 aromatic carbocycles. The Bertz CT molecular complexity index is 746. The maximum absolute atomic E-state index is 11.8. The summed E-state index contributed by atoms with van der Waals surface area (Å²) in [5, 5.41) is 10.7. The van der Waals surface area contributed by atoms with E-state index >= 15 is 0 Å². The van der Waals surface area contributed by atoms with E-state index < -0.39 is 12.0 Å². The number of rotatable bonds is 4. The summed E-state index contributed by atoms with van der Waals surface area (Å²) in [6, 6.07) is 9.02. The fourth-order valence-electron chi connectivity index (χ4n) is 3.36. The SMILES string of the molecule is Cc1ccc(C(c2cccc(Cl)c2Cl)N2CCCCC2C(=O)O)s1. The van der Waals surface area contributed by atoms with Gasteiger partial charge in [-0.25, -0.2) is 0 Å². The van der Waals surface area contributed by atoms with Gasteiger partial charge < -0.3 is 5.11 Å². The van der Waals surface area contributed by atoms with Gasteiger partial charge in [0.1, 0.15) is 6.04 Å². The fraction of sp³-hybridized carbons (Fsp3) is 0.389. The van der Waals surface area contributed by atoms with Crippen LogP contribution in [0.5, 0.6) is 0 Å². The molecule has 0 aliphatic carbocycles. The lowest BCUT2D eigenvalue weighted by atomic mass is 9.95. The minimum atomic E-state index is -0.772. The second-order valence-electron chi connectivity index (χ2n) is 6.08. The molecule has 24 heavy (non-hydrogen) atoms. The van der Waals surface area contributed by atoms with Crippen LogP contribution in [-0.4, -0.2) is 28.6 Å². The zero-order valence-electron chi connectivity index (χ0n) is 13.3. The highest BCUT2D eigenvalue weighted by molar-refractivity contribution is 7.12. The number of carboxylic acid groups (broad SMARTS) is 1. The lowest BCUT2D eigenvalue weighted by Gasteiger charge is -2.39. The van der Waals surface area contributed by atoms with Crippen LogP contribution in [0, 0.1) is 6.92 Å². The second-order valence-corrected chi connectivity index (χ2v) is 8.19. The number of hydrogen-bond donors (Lipinski definition) is 1. The number of nitrogens with zero attached hydrogens (tertiary/aromatic N) is 1. The number of carboxylic acids is 1. The first-order valence-corrected chi connectivity index (χ1v) is 9.55. The average molecular weight is 384 g/mol. The van der Waals surface area contributed by atoms with Crippen LogP contribution >= 0.6 is 34.5 Å². The van der Waals surface area contributed by atoms with Crippen molar-refractivity contribution in [3.63, 3.8) is 0 Å². The largest absolute Gasteiger partial charge is 0.480 e. The fourth-order valence-corrected chi connectivity index (χ4v) is 4.78. The zero-order valence-corrected chi connectivity index (χ0v) is 15.7. The van der Waals surface area contributed by atoms with Crippen molar-refractivity contribution in [3.8, 4) is 0 Å². The number of aryl methyl sites for hydroxylation is 1. The molecule has 0 amide bonds. The third kappa shape index (κ3) is 3.47. The van der Waals surface area contributed by atoms with Crippen LogP contribution in [0.15, 0.2) is 30.3 Å². The molecule has 1 saturated heterocycles. The summed E-state index contributed by atoms with van der Waals surface area (Å²) in [6.07, 6.45) is 2.59. The van der Waals surface area contributed by atoms with Gasteiger partial charge in [0.15, 0.2) is 0 Å². The Balaban J connectivity index is 2.11. The molecule has 3 nitrogen and oxygen atoms in total. The first kappa shape index (κ1) is 17.7. The Morgan fingerprint density at radius 1 is 1.29 bits per heavy atom. The summed E-state index contributed by atoms with van der Waals surface area (Å²) in [4.78, 5) is 16.1. The molecule has 1 aliphatic rings. The van der Waals surface area contributed by atoms with Crippen LogP contribution in [0.2, 0.25) is 10.0 Å². The minimum Gasteiger partial charge on any atom is -0.480 e. The predicted octanol–water partition coefficient (Wildman–Crippen LogP) is 5.39. The van der Waals surface area contributed by atoms with Crippen LogP contribution < -0.4 is 0 Å². The zero-order chi connectivity index (χ0) is 17.3. The molecule has 0 saturated carbocycles. The van der Waals surface area contributed by atoms with Gasteiger partial charge >= 0.3 is 5.97 Å². The van der Waals surface area contributed by atoms with E-state index in [0.717, 1.165) is 29.8 Å². The van der Waals surface area contributed by atoms with Crippen molar-refractivity contribution in [2.75, 3.05) is 6.54 Å². The van der Waals surface area contributed by atoms with E-state index in [9.17, 15) is 9.90 Å². The molecule has 2 aromatic rings. The number of benzene rings is 1. The third-order valence-corrected chi connectivity index (χ3v) is 6.35. The highest BCUT2D eigenvalue weighted by Crippen LogP contribution is 2.41. The summed E-state index contributed by atoms with van der Waals surface area (Å²) in [5.74, 6) is -0.772. The van der Waals surface area contributed by atoms with Crippen LogP contribution in [0.1, 0.15) is 40.6 Å². The molecule has 1 aliphatic heterocycles. The Morgan fingerprint density at radius 2 is 2.08 bits per heavy atom. The van der Waals surface area contributed by atoms with Crippen LogP contribution in [0.25, 0.3) is 0 Å². The summed E-state index contributed by atoms with van der Waals surface area (Å²) >= 11 is 14.4. The standard InChI is InChI=1S/C18H19Cl2NO2S/c1-11-8-9-15(24-11)17(12-5-4-6-13(19)16(12)20)21-10-3-2-7-14(21)18(22)23/h4-6,8-9,14,17H,2-3,7,10H2,1H3,(H,22,23). The maximum atomic E-state index is 11.8. The molecule has 1 aromatic heterocycles. The van der Waals surface area contributed by atoms with E-state index in [1.165, 1.54) is 4.88 Å². The van der Waals surface area contributed by atoms with E-state index in [-0.39, 0.29) is 6.04 Å². The van der Waals surface area contributed by atoms with Crippen molar-refractivity contribution >= 4 is 40.5 Å². The first-order valence-electron chi connectivity index (χ1n) is 7.98. The smallest absolute Gasteiger partial charge is 0.320 e. The van der Waals surface area contributed by atoms with Crippen molar-refractivity contribution in [1.82, 2.24) is 4.90 Å². The van der Waals surface area contributed by atoms with Gasteiger partial charge in [-0.1, -0.05) is 41.8 Å². The second kappa shape index (κ2) is 7.44. The molecular weight excluding hydrogens is 365 g/mol. The predicted molar refractivity (Wildman–Crippen MR) is 99.3 cm³/mol. The number of hydrogen-bond acceptors (Lipinski definition) is 3. The third-order valence-electron chi connectivity index (χ3n) is 4.47. The van der Waals surface area contributed by atoms with E-state index in [2.05, 4.69) is 24.0 Å². The molecule has 0 radical (unpaired) electrons. The van der Waals surface area contributed by atoms with Gasteiger partial charge in [0, 0.05) is 9.75 Å². The quantitative estimate of drug-likeness (QED) is 0.768. The normalized spacial score (nSPS) is 20.0. The van der Waals surface area contributed by atoms with Gasteiger partial charge in [-0.2, -0.15) is 0 Å². The number of halogens is 2. The van der Waals surface area contributed by atoms with Crippen molar-refractivity contribution in [2.24, 2.45) is 0 Å². The minimum absolute atomic E-state index is 0.184. The average Bonchev–Trinajstić information content (AvgIpc) is 2.98. The number of likely N-dealkylation sites (tertiary alicyclic amines) is 1.